The second kappa shape index (κ2) is 27.9. The van der Waals surface area contributed by atoms with Crippen molar-refractivity contribution in [2.45, 2.75) is 227 Å². The van der Waals surface area contributed by atoms with E-state index in [9.17, 15) is 14.4 Å². The SMILES string of the molecule is CCCCCC(=O)OCC(CCCCC(=O)OC(CCCCCCCCC1CC1CC1CC1CCCCC)CC(C)(C)C)COC(=O)CCCCC. The third kappa shape index (κ3) is 24.7. The first-order valence-corrected chi connectivity index (χ1v) is 22.5. The van der Waals surface area contributed by atoms with Crippen molar-refractivity contribution in [3.8, 4) is 0 Å². The standard InChI is InChI=1S/C46H84O6/c1-7-10-17-25-38-31-40(38)33-41-32-39(41)26-20-15-13-14-16-21-27-42(34-46(4,5)6)52-45(49)30-23-22-24-37(35-50-43(47)28-18-11-8-2)36-51-44(48)29-19-12-9-3/h37-42H,7-36H2,1-6H3. The molecule has 2 aliphatic rings. The van der Waals surface area contributed by atoms with Crippen molar-refractivity contribution in [2.75, 3.05) is 13.2 Å². The summed E-state index contributed by atoms with van der Waals surface area (Å²) in [5.74, 6) is 3.74. The molecule has 0 aromatic carbocycles. The molecule has 2 saturated carbocycles. The first-order chi connectivity index (χ1) is 25.0. The predicted octanol–water partition coefficient (Wildman–Crippen LogP) is 13.1. The lowest BCUT2D eigenvalue weighted by Crippen LogP contribution is -2.24. The summed E-state index contributed by atoms with van der Waals surface area (Å²) in [7, 11) is 0. The van der Waals surface area contributed by atoms with E-state index in [0.29, 0.717) is 25.7 Å². The van der Waals surface area contributed by atoms with Crippen LogP contribution >= 0.6 is 0 Å². The molecular weight excluding hydrogens is 649 g/mol. The minimum atomic E-state index is -0.183. The summed E-state index contributed by atoms with van der Waals surface area (Å²) in [6.45, 7) is 13.7. The van der Waals surface area contributed by atoms with Gasteiger partial charge in [-0.15, -0.1) is 0 Å². The van der Waals surface area contributed by atoms with Gasteiger partial charge in [0.15, 0.2) is 0 Å². The molecule has 0 heterocycles. The van der Waals surface area contributed by atoms with Gasteiger partial charge in [-0.2, -0.15) is 0 Å². The van der Waals surface area contributed by atoms with E-state index in [-0.39, 0.29) is 48.6 Å². The zero-order valence-corrected chi connectivity index (χ0v) is 35.1. The maximum absolute atomic E-state index is 12.9. The van der Waals surface area contributed by atoms with Crippen LogP contribution in [0.4, 0.5) is 0 Å². The van der Waals surface area contributed by atoms with E-state index in [1.807, 2.05) is 0 Å². The summed E-state index contributed by atoms with van der Waals surface area (Å²) in [6.07, 6.45) is 30.7. The molecule has 0 saturated heterocycles. The quantitative estimate of drug-likeness (QED) is 0.0372. The third-order valence-electron chi connectivity index (χ3n) is 11.6. The summed E-state index contributed by atoms with van der Waals surface area (Å²) in [5, 5.41) is 0. The fourth-order valence-corrected chi connectivity index (χ4v) is 8.09. The highest BCUT2D eigenvalue weighted by Crippen LogP contribution is 2.54. The Morgan fingerprint density at radius 2 is 0.981 bits per heavy atom. The van der Waals surface area contributed by atoms with Gasteiger partial charge in [-0.25, -0.2) is 0 Å². The Hall–Kier alpha value is -1.59. The molecule has 5 atom stereocenters. The van der Waals surface area contributed by atoms with Crippen LogP contribution in [0.3, 0.4) is 0 Å². The molecule has 0 spiro atoms. The van der Waals surface area contributed by atoms with Crippen molar-refractivity contribution >= 4 is 17.9 Å². The van der Waals surface area contributed by atoms with E-state index < -0.39 is 0 Å². The largest absolute Gasteiger partial charge is 0.465 e. The lowest BCUT2D eigenvalue weighted by molar-refractivity contribution is -0.151. The van der Waals surface area contributed by atoms with Gasteiger partial charge in [-0.05, 0) is 93.3 Å². The van der Waals surface area contributed by atoms with Gasteiger partial charge in [-0.3, -0.25) is 14.4 Å². The number of esters is 3. The monoisotopic (exact) mass is 733 g/mol. The molecule has 2 aliphatic carbocycles. The van der Waals surface area contributed by atoms with Crippen LogP contribution in [-0.4, -0.2) is 37.2 Å². The average Bonchev–Trinajstić information content (AvgIpc) is 4.02. The van der Waals surface area contributed by atoms with Gasteiger partial charge in [-0.1, -0.05) is 138 Å². The fourth-order valence-electron chi connectivity index (χ4n) is 8.09. The molecule has 0 aromatic rings. The lowest BCUT2D eigenvalue weighted by Gasteiger charge is -2.26. The van der Waals surface area contributed by atoms with Crippen molar-refractivity contribution in [1.29, 1.82) is 0 Å². The van der Waals surface area contributed by atoms with Gasteiger partial charge in [0.2, 0.25) is 0 Å². The Bertz CT molecular complexity index is 914. The first kappa shape index (κ1) is 46.6. The fraction of sp³-hybridized carbons (Fsp3) is 0.935. The average molecular weight is 733 g/mol. The van der Waals surface area contributed by atoms with Crippen molar-refractivity contribution in [3.05, 3.63) is 0 Å². The third-order valence-corrected chi connectivity index (χ3v) is 11.6. The first-order valence-electron chi connectivity index (χ1n) is 22.5. The number of rotatable bonds is 34. The molecule has 5 unspecified atom stereocenters. The molecule has 2 fully saturated rings. The van der Waals surface area contributed by atoms with Crippen LogP contribution in [0.2, 0.25) is 0 Å². The van der Waals surface area contributed by atoms with Gasteiger partial charge in [0.05, 0.1) is 13.2 Å². The number of hydrogen-bond donors (Lipinski definition) is 0. The molecule has 52 heavy (non-hydrogen) atoms. The smallest absolute Gasteiger partial charge is 0.306 e. The van der Waals surface area contributed by atoms with Gasteiger partial charge in [0.25, 0.3) is 0 Å². The van der Waals surface area contributed by atoms with Gasteiger partial charge in [0, 0.05) is 25.2 Å². The van der Waals surface area contributed by atoms with Crippen LogP contribution in [0.5, 0.6) is 0 Å². The summed E-state index contributed by atoms with van der Waals surface area (Å²) in [4.78, 5) is 37.4. The summed E-state index contributed by atoms with van der Waals surface area (Å²) >= 11 is 0. The van der Waals surface area contributed by atoms with Gasteiger partial charge in [0.1, 0.15) is 6.10 Å². The molecule has 0 N–H and O–H groups in total. The van der Waals surface area contributed by atoms with Crippen molar-refractivity contribution in [3.63, 3.8) is 0 Å². The van der Waals surface area contributed by atoms with Crippen LogP contribution in [0.15, 0.2) is 0 Å². The zero-order valence-electron chi connectivity index (χ0n) is 35.1. The van der Waals surface area contributed by atoms with Crippen LogP contribution < -0.4 is 0 Å². The van der Waals surface area contributed by atoms with Crippen LogP contribution in [0.25, 0.3) is 0 Å². The molecule has 6 heteroatoms. The summed E-state index contributed by atoms with van der Waals surface area (Å²) < 4.78 is 17.2. The predicted molar refractivity (Wildman–Crippen MR) is 215 cm³/mol. The lowest BCUT2D eigenvalue weighted by atomic mass is 9.87. The number of ether oxygens (including phenoxy) is 3. The van der Waals surface area contributed by atoms with Crippen molar-refractivity contribution in [2.24, 2.45) is 35.0 Å². The van der Waals surface area contributed by atoms with E-state index in [0.717, 1.165) is 94.3 Å². The molecule has 2 rings (SSSR count). The molecule has 0 bridgehead atoms. The topological polar surface area (TPSA) is 78.9 Å². The second-order valence-electron chi connectivity index (χ2n) is 18.2. The molecule has 0 radical (unpaired) electrons. The van der Waals surface area contributed by atoms with E-state index in [2.05, 4.69) is 41.5 Å². The van der Waals surface area contributed by atoms with E-state index in [4.69, 9.17) is 14.2 Å². The highest BCUT2D eigenvalue weighted by Gasteiger charge is 2.44. The Balaban J connectivity index is 1.60. The maximum atomic E-state index is 12.9. The van der Waals surface area contributed by atoms with Crippen LogP contribution in [-0.2, 0) is 28.6 Å². The second-order valence-corrected chi connectivity index (χ2v) is 18.2. The van der Waals surface area contributed by atoms with Crippen molar-refractivity contribution in [1.82, 2.24) is 0 Å². The van der Waals surface area contributed by atoms with Gasteiger partial charge >= 0.3 is 17.9 Å². The normalized spacial score (nSPS) is 20.1. The Morgan fingerprint density at radius 1 is 0.538 bits per heavy atom. The highest BCUT2D eigenvalue weighted by atomic mass is 16.5. The van der Waals surface area contributed by atoms with Crippen LogP contribution in [0, 0.1) is 35.0 Å². The number of hydrogen-bond acceptors (Lipinski definition) is 6. The molecular formula is C46H84O6. The Kier molecular flexibility index (Phi) is 25.0. The molecule has 6 nitrogen and oxygen atoms in total. The number of carbonyl (C=O) groups excluding carboxylic acids is 3. The zero-order chi connectivity index (χ0) is 38.0. The van der Waals surface area contributed by atoms with Gasteiger partial charge < -0.3 is 14.2 Å². The summed E-state index contributed by atoms with van der Waals surface area (Å²) in [6, 6.07) is 0. The van der Waals surface area contributed by atoms with E-state index >= 15 is 0 Å². The number of unbranched alkanes of at least 4 members (excludes halogenated alkanes) is 12. The Morgan fingerprint density at radius 3 is 1.52 bits per heavy atom. The van der Waals surface area contributed by atoms with Crippen LogP contribution in [0.1, 0.15) is 221 Å². The maximum Gasteiger partial charge on any atom is 0.306 e. The van der Waals surface area contributed by atoms with E-state index in [1.165, 1.54) is 83.5 Å². The minimum Gasteiger partial charge on any atom is -0.465 e. The number of carbonyl (C=O) groups is 3. The summed E-state index contributed by atoms with van der Waals surface area (Å²) in [5.41, 5.74) is 0.107. The molecule has 0 aliphatic heterocycles. The van der Waals surface area contributed by atoms with E-state index in [1.54, 1.807) is 0 Å². The molecule has 0 amide bonds. The minimum absolute atomic E-state index is 0.0241. The van der Waals surface area contributed by atoms with Crippen molar-refractivity contribution < 1.29 is 28.6 Å². The highest BCUT2D eigenvalue weighted by molar-refractivity contribution is 5.70. The Labute approximate surface area is 321 Å². The molecule has 0 aromatic heterocycles. The molecule has 304 valence electrons.